The fraction of sp³-hybridized carbons (Fsp3) is 0.444. The number of hydrogen-bond donors (Lipinski definition) is 6. The van der Waals surface area contributed by atoms with Gasteiger partial charge >= 0.3 is 0 Å². The first-order valence-corrected chi connectivity index (χ1v) is 12.1. The Morgan fingerprint density at radius 1 is 1.00 bits per heavy atom. The predicted octanol–water partition coefficient (Wildman–Crippen LogP) is 1.79. The predicted molar refractivity (Wildman–Crippen MR) is 135 cm³/mol. The minimum absolute atomic E-state index is 0.108. The maximum absolute atomic E-state index is 13.8. The summed E-state index contributed by atoms with van der Waals surface area (Å²) in [5, 5.41) is 61.9. The third-order valence-corrected chi connectivity index (χ3v) is 6.56. The number of rotatable bonds is 7. The van der Waals surface area contributed by atoms with Crippen molar-refractivity contribution in [2.75, 3.05) is 7.11 Å². The molecule has 0 bridgehead atoms. The van der Waals surface area contributed by atoms with Crippen molar-refractivity contribution in [3.8, 4) is 34.3 Å². The number of aliphatic hydroxyl groups is 4. The van der Waals surface area contributed by atoms with Gasteiger partial charge in [-0.2, -0.15) is 0 Å². The van der Waals surface area contributed by atoms with Crippen LogP contribution in [0.25, 0.3) is 22.3 Å². The van der Waals surface area contributed by atoms with E-state index in [4.69, 9.17) is 18.6 Å². The van der Waals surface area contributed by atoms with Crippen LogP contribution in [0.15, 0.2) is 39.5 Å². The monoisotopic (exact) mass is 532 g/mol. The zero-order valence-corrected chi connectivity index (χ0v) is 21.4. The number of aromatic hydroxyl groups is 2. The second kappa shape index (κ2) is 10.4. The van der Waals surface area contributed by atoms with Crippen LogP contribution in [0.3, 0.4) is 0 Å². The molecule has 0 spiro atoms. The molecular formula is C27H32O11. The van der Waals surface area contributed by atoms with Crippen LogP contribution in [0.2, 0.25) is 0 Å². The number of phenolic OH excluding ortho intramolecular Hbond substituents is 2. The summed E-state index contributed by atoms with van der Waals surface area (Å²) < 4.78 is 22.6. The molecular weight excluding hydrogens is 500 g/mol. The highest BCUT2D eigenvalue weighted by atomic mass is 16.7. The van der Waals surface area contributed by atoms with Crippen molar-refractivity contribution in [3.63, 3.8) is 0 Å². The van der Waals surface area contributed by atoms with Crippen molar-refractivity contribution in [3.05, 3.63) is 46.1 Å². The van der Waals surface area contributed by atoms with Gasteiger partial charge in [0.1, 0.15) is 46.5 Å². The minimum atomic E-state index is -1.71. The maximum atomic E-state index is 13.8. The van der Waals surface area contributed by atoms with E-state index in [1.165, 1.54) is 14.0 Å². The molecule has 0 aliphatic carbocycles. The first-order valence-electron chi connectivity index (χ1n) is 12.1. The SMILES string of the molecule is COc1ccc(-c2oc3c(CCC(C)(C)O)c(O)cc(O)c3c(=O)c2O[C@H]2O[C@H](C)[C@H](O)[C@H](O)[C@@H]2O)cc1. The van der Waals surface area contributed by atoms with Crippen molar-refractivity contribution in [2.45, 2.75) is 69.9 Å². The molecule has 1 aliphatic rings. The molecule has 0 radical (unpaired) electrons. The van der Waals surface area contributed by atoms with Crippen LogP contribution >= 0.6 is 0 Å². The fourth-order valence-corrected chi connectivity index (χ4v) is 4.31. The summed E-state index contributed by atoms with van der Waals surface area (Å²) in [7, 11) is 1.49. The molecule has 2 aromatic carbocycles. The Bertz CT molecular complexity index is 1360. The zero-order chi connectivity index (χ0) is 27.9. The second-order valence-electron chi connectivity index (χ2n) is 10.0. The van der Waals surface area contributed by atoms with Crippen LogP contribution in [-0.4, -0.2) is 74.1 Å². The maximum Gasteiger partial charge on any atom is 0.239 e. The first kappa shape index (κ1) is 27.7. The lowest BCUT2D eigenvalue weighted by molar-refractivity contribution is -0.268. The van der Waals surface area contributed by atoms with Gasteiger partial charge < -0.3 is 49.3 Å². The van der Waals surface area contributed by atoms with E-state index in [1.807, 2.05) is 0 Å². The van der Waals surface area contributed by atoms with Gasteiger partial charge in [0.25, 0.3) is 0 Å². The molecule has 5 atom stereocenters. The van der Waals surface area contributed by atoms with Crippen molar-refractivity contribution in [1.82, 2.24) is 0 Å². The molecule has 0 saturated carbocycles. The van der Waals surface area contributed by atoms with Gasteiger partial charge in [-0.05, 0) is 57.9 Å². The zero-order valence-electron chi connectivity index (χ0n) is 21.4. The van der Waals surface area contributed by atoms with Crippen molar-refractivity contribution < 1.29 is 49.3 Å². The molecule has 206 valence electrons. The van der Waals surface area contributed by atoms with Crippen LogP contribution < -0.4 is 14.9 Å². The normalized spacial score (nSPS) is 23.9. The Kier molecular flexibility index (Phi) is 7.60. The average molecular weight is 533 g/mol. The van der Waals surface area contributed by atoms with E-state index < -0.39 is 53.2 Å². The van der Waals surface area contributed by atoms with Gasteiger partial charge in [-0.3, -0.25) is 4.79 Å². The van der Waals surface area contributed by atoms with Crippen LogP contribution in [-0.2, 0) is 11.2 Å². The number of hydrogen-bond acceptors (Lipinski definition) is 11. The molecule has 1 saturated heterocycles. The summed E-state index contributed by atoms with van der Waals surface area (Å²) in [4.78, 5) is 13.8. The summed E-state index contributed by atoms with van der Waals surface area (Å²) >= 11 is 0. The molecule has 38 heavy (non-hydrogen) atoms. The first-order chi connectivity index (χ1) is 17.8. The van der Waals surface area contributed by atoms with Crippen LogP contribution in [0.5, 0.6) is 23.0 Å². The highest BCUT2D eigenvalue weighted by Crippen LogP contribution is 2.40. The molecule has 4 rings (SSSR count). The molecule has 3 aromatic rings. The number of aliphatic hydroxyl groups excluding tert-OH is 3. The topological polar surface area (TPSA) is 179 Å². The highest BCUT2D eigenvalue weighted by Gasteiger charge is 2.44. The molecule has 2 heterocycles. The number of ether oxygens (including phenoxy) is 3. The summed E-state index contributed by atoms with van der Waals surface area (Å²) in [5.74, 6) is -0.912. The number of aryl methyl sites for hydroxylation is 1. The molecule has 0 amide bonds. The molecule has 1 aliphatic heterocycles. The molecule has 11 nitrogen and oxygen atoms in total. The third kappa shape index (κ3) is 5.29. The number of phenols is 2. The van der Waals surface area contributed by atoms with Crippen LogP contribution in [0, 0.1) is 0 Å². The number of benzene rings is 2. The highest BCUT2D eigenvalue weighted by molar-refractivity contribution is 5.91. The third-order valence-electron chi connectivity index (χ3n) is 6.56. The Hall–Kier alpha value is -3.35. The Morgan fingerprint density at radius 2 is 1.66 bits per heavy atom. The molecule has 1 aromatic heterocycles. The Morgan fingerprint density at radius 3 is 2.26 bits per heavy atom. The summed E-state index contributed by atoms with van der Waals surface area (Å²) in [6, 6.07) is 7.42. The van der Waals surface area contributed by atoms with Crippen LogP contribution in [0.4, 0.5) is 0 Å². The lowest BCUT2D eigenvalue weighted by Crippen LogP contribution is -2.58. The summed E-state index contributed by atoms with van der Waals surface area (Å²) in [6.07, 6.45) is -6.88. The lowest BCUT2D eigenvalue weighted by atomic mass is 9.96. The van der Waals surface area contributed by atoms with Gasteiger partial charge in [0.15, 0.2) is 5.76 Å². The van der Waals surface area contributed by atoms with Gasteiger partial charge in [-0.15, -0.1) is 0 Å². The van der Waals surface area contributed by atoms with E-state index >= 15 is 0 Å². The number of methoxy groups -OCH3 is 1. The van der Waals surface area contributed by atoms with E-state index in [0.29, 0.717) is 11.3 Å². The van der Waals surface area contributed by atoms with Gasteiger partial charge in [0, 0.05) is 17.2 Å². The van der Waals surface area contributed by atoms with Gasteiger partial charge in [0.2, 0.25) is 17.5 Å². The van der Waals surface area contributed by atoms with E-state index in [9.17, 15) is 35.4 Å². The van der Waals surface area contributed by atoms with Crippen molar-refractivity contribution >= 4 is 11.0 Å². The summed E-state index contributed by atoms with van der Waals surface area (Å²) in [6.45, 7) is 4.66. The Balaban J connectivity index is 1.94. The van der Waals surface area contributed by atoms with E-state index in [-0.39, 0.29) is 40.9 Å². The van der Waals surface area contributed by atoms with Crippen LogP contribution in [0.1, 0.15) is 32.8 Å². The molecule has 0 unspecified atom stereocenters. The van der Waals surface area contributed by atoms with Crippen molar-refractivity contribution in [2.24, 2.45) is 0 Å². The molecule has 6 N–H and O–H groups in total. The van der Waals surface area contributed by atoms with Gasteiger partial charge in [-0.1, -0.05) is 0 Å². The molecule has 1 fully saturated rings. The Labute approximate surface area is 218 Å². The fourth-order valence-electron chi connectivity index (χ4n) is 4.31. The van der Waals surface area contributed by atoms with Gasteiger partial charge in [-0.25, -0.2) is 0 Å². The second-order valence-corrected chi connectivity index (χ2v) is 10.0. The average Bonchev–Trinajstić information content (AvgIpc) is 2.86. The van der Waals surface area contributed by atoms with Crippen molar-refractivity contribution in [1.29, 1.82) is 0 Å². The molecule has 11 heteroatoms. The number of fused-ring (bicyclic) bond motifs is 1. The van der Waals surface area contributed by atoms with E-state index in [2.05, 4.69) is 0 Å². The van der Waals surface area contributed by atoms with E-state index in [0.717, 1.165) is 6.07 Å². The quantitative estimate of drug-likeness (QED) is 0.261. The minimum Gasteiger partial charge on any atom is -0.507 e. The van der Waals surface area contributed by atoms with Gasteiger partial charge in [0.05, 0.1) is 18.8 Å². The van der Waals surface area contributed by atoms with E-state index in [1.54, 1.807) is 38.1 Å². The largest absolute Gasteiger partial charge is 0.507 e. The summed E-state index contributed by atoms with van der Waals surface area (Å²) in [5.41, 5.74) is -1.48. The lowest BCUT2D eigenvalue weighted by Gasteiger charge is -2.38. The standard InChI is InChI=1S/C27H32O11/c1-12-19(30)21(32)22(33)26(36-12)38-25-20(31)18-17(29)11-16(28)15(9-10-27(2,3)34)24(18)37-23(25)13-5-7-14(35-4)8-6-13/h5-8,11-12,19,21-22,26,28-30,32-34H,9-10H2,1-4H3/t12-,19+,21+,22+,26-/m1/s1. The smallest absolute Gasteiger partial charge is 0.239 e.